The van der Waals surface area contributed by atoms with Crippen LogP contribution in [0.3, 0.4) is 0 Å². The maximum absolute atomic E-state index is 13.4. The van der Waals surface area contributed by atoms with Gasteiger partial charge < -0.3 is 19.1 Å². The second-order valence-corrected chi connectivity index (χ2v) is 7.62. The number of carbonyl (C=O) groups is 2. The molecule has 6 nitrogen and oxygen atoms in total. The Hall–Kier alpha value is -2.08. The second-order valence-electron chi connectivity index (χ2n) is 7.62. The van der Waals surface area contributed by atoms with Gasteiger partial charge in [-0.2, -0.15) is 0 Å². The van der Waals surface area contributed by atoms with Crippen molar-refractivity contribution >= 4 is 11.8 Å². The van der Waals surface area contributed by atoms with E-state index in [9.17, 15) is 9.59 Å². The first kappa shape index (κ1) is 19.7. The minimum absolute atomic E-state index is 0.143. The Morgan fingerprint density at radius 3 is 2.41 bits per heavy atom. The van der Waals surface area contributed by atoms with Crippen molar-refractivity contribution in [2.45, 2.75) is 32.6 Å². The molecule has 1 aliphatic carbocycles. The highest BCUT2D eigenvalue weighted by Crippen LogP contribution is 2.47. The third-order valence-corrected chi connectivity index (χ3v) is 5.92. The Kier molecular flexibility index (Phi) is 5.75. The van der Waals surface area contributed by atoms with Crippen molar-refractivity contribution < 1.29 is 23.8 Å². The highest BCUT2D eigenvalue weighted by molar-refractivity contribution is 6.16. The summed E-state index contributed by atoms with van der Waals surface area (Å²) >= 11 is 0. The molecule has 1 atom stereocenters. The molecule has 148 valence electrons. The molecule has 0 N–H and O–H groups in total. The first-order chi connectivity index (χ1) is 12.9. The van der Waals surface area contributed by atoms with E-state index < -0.39 is 11.4 Å². The average Bonchev–Trinajstić information content (AvgIpc) is 2.95. The van der Waals surface area contributed by atoms with Crippen molar-refractivity contribution in [2.75, 3.05) is 41.0 Å². The van der Waals surface area contributed by atoms with Crippen LogP contribution in [0.15, 0.2) is 12.1 Å². The summed E-state index contributed by atoms with van der Waals surface area (Å²) in [6, 6.07) is 3.52. The van der Waals surface area contributed by atoms with Crippen LogP contribution in [0.5, 0.6) is 11.5 Å². The van der Waals surface area contributed by atoms with Gasteiger partial charge in [-0.15, -0.1) is 0 Å². The molecule has 6 heteroatoms. The fourth-order valence-electron chi connectivity index (χ4n) is 4.38. The Morgan fingerprint density at radius 2 is 1.81 bits per heavy atom. The number of Topliss-reactive ketones (excluding diaryl/α,β-unsaturated/α-hetero) is 1. The minimum Gasteiger partial charge on any atom is -0.493 e. The third-order valence-electron chi connectivity index (χ3n) is 5.92. The zero-order valence-electron chi connectivity index (χ0n) is 16.7. The summed E-state index contributed by atoms with van der Waals surface area (Å²) in [6.45, 7) is 4.03. The van der Waals surface area contributed by atoms with E-state index >= 15 is 0 Å². The van der Waals surface area contributed by atoms with Crippen LogP contribution in [-0.4, -0.2) is 57.6 Å². The van der Waals surface area contributed by atoms with Crippen molar-refractivity contribution in [3.8, 4) is 11.5 Å². The van der Waals surface area contributed by atoms with Gasteiger partial charge in [0, 0.05) is 5.56 Å². The number of nitrogens with zero attached hydrogens (tertiary/aromatic N) is 1. The van der Waals surface area contributed by atoms with Crippen molar-refractivity contribution in [3.63, 3.8) is 0 Å². The summed E-state index contributed by atoms with van der Waals surface area (Å²) in [5.74, 6) is 0.873. The normalized spacial score (nSPS) is 23.2. The highest BCUT2D eigenvalue weighted by atomic mass is 16.5. The largest absolute Gasteiger partial charge is 0.493 e. The predicted molar refractivity (Wildman–Crippen MR) is 101 cm³/mol. The molecule has 1 unspecified atom stereocenters. The fraction of sp³-hybridized carbons (Fsp3) is 0.619. The lowest BCUT2D eigenvalue weighted by atomic mass is 9.73. The van der Waals surface area contributed by atoms with Crippen LogP contribution in [0.1, 0.15) is 42.1 Å². The van der Waals surface area contributed by atoms with Crippen LogP contribution in [0.2, 0.25) is 0 Å². The van der Waals surface area contributed by atoms with Gasteiger partial charge in [0.25, 0.3) is 0 Å². The van der Waals surface area contributed by atoms with Gasteiger partial charge in [0.2, 0.25) is 0 Å². The molecule has 1 aliphatic heterocycles. The van der Waals surface area contributed by atoms with Gasteiger partial charge in [-0.1, -0.05) is 0 Å². The summed E-state index contributed by atoms with van der Waals surface area (Å²) in [7, 11) is 5.21. The number of hydrogen-bond donors (Lipinski definition) is 0. The van der Waals surface area contributed by atoms with Crippen molar-refractivity contribution in [1.82, 2.24) is 4.90 Å². The molecule has 1 saturated heterocycles. The summed E-state index contributed by atoms with van der Waals surface area (Å²) in [5.41, 5.74) is 0.253. The maximum atomic E-state index is 13.4. The van der Waals surface area contributed by atoms with Crippen LogP contribution in [0.4, 0.5) is 0 Å². The van der Waals surface area contributed by atoms with Crippen LogP contribution in [0.25, 0.3) is 0 Å². The summed E-state index contributed by atoms with van der Waals surface area (Å²) in [5, 5.41) is 0. The number of methoxy groups -OCH3 is 2. The highest BCUT2D eigenvalue weighted by Gasteiger charge is 2.54. The van der Waals surface area contributed by atoms with E-state index in [0.717, 1.165) is 31.5 Å². The SMILES string of the molecule is CCOC(=O)C1(CC2CCN(C)CC2)Cc2cc(OC)c(OC)cc2C1=O. The van der Waals surface area contributed by atoms with Crippen LogP contribution < -0.4 is 9.47 Å². The molecule has 0 amide bonds. The molecule has 0 saturated carbocycles. The molecule has 0 aromatic heterocycles. The summed E-state index contributed by atoms with van der Waals surface area (Å²) < 4.78 is 16.1. The van der Waals surface area contributed by atoms with Crippen LogP contribution in [-0.2, 0) is 16.0 Å². The third kappa shape index (κ3) is 3.55. The van der Waals surface area contributed by atoms with E-state index in [1.807, 2.05) is 6.07 Å². The zero-order valence-corrected chi connectivity index (χ0v) is 16.7. The quantitative estimate of drug-likeness (QED) is 0.563. The van der Waals surface area contributed by atoms with Crippen molar-refractivity contribution in [3.05, 3.63) is 23.3 Å². The lowest BCUT2D eigenvalue weighted by molar-refractivity contribution is -0.153. The number of rotatable bonds is 6. The van der Waals surface area contributed by atoms with Gasteiger partial charge in [-0.25, -0.2) is 0 Å². The lowest BCUT2D eigenvalue weighted by Gasteiger charge is -2.34. The molecule has 27 heavy (non-hydrogen) atoms. The number of carbonyl (C=O) groups excluding carboxylic acids is 2. The summed E-state index contributed by atoms with van der Waals surface area (Å²) in [6.07, 6.45) is 2.90. The maximum Gasteiger partial charge on any atom is 0.320 e. The molecule has 0 spiro atoms. The lowest BCUT2D eigenvalue weighted by Crippen LogP contribution is -2.42. The number of piperidine rings is 1. The van der Waals surface area contributed by atoms with E-state index in [0.29, 0.717) is 35.8 Å². The summed E-state index contributed by atoms with van der Waals surface area (Å²) in [4.78, 5) is 28.7. The topological polar surface area (TPSA) is 65.1 Å². The number of ether oxygens (including phenoxy) is 3. The van der Waals surface area contributed by atoms with Gasteiger partial charge >= 0.3 is 5.97 Å². The molecule has 3 rings (SSSR count). The zero-order chi connectivity index (χ0) is 19.6. The number of ketones is 1. The Morgan fingerprint density at radius 1 is 1.19 bits per heavy atom. The molecule has 1 heterocycles. The fourth-order valence-corrected chi connectivity index (χ4v) is 4.38. The number of esters is 1. The van der Waals surface area contributed by atoms with Gasteiger partial charge in [0.1, 0.15) is 5.41 Å². The number of benzene rings is 1. The van der Waals surface area contributed by atoms with Gasteiger partial charge in [0.05, 0.1) is 20.8 Å². The minimum atomic E-state index is -1.13. The average molecular weight is 375 g/mol. The van der Waals surface area contributed by atoms with E-state index in [-0.39, 0.29) is 12.4 Å². The molecule has 1 aromatic carbocycles. The molecular weight excluding hydrogens is 346 g/mol. The Bertz CT molecular complexity index is 724. The molecule has 0 radical (unpaired) electrons. The monoisotopic (exact) mass is 375 g/mol. The number of hydrogen-bond acceptors (Lipinski definition) is 6. The van der Waals surface area contributed by atoms with E-state index in [1.54, 1.807) is 27.2 Å². The Labute approximate surface area is 160 Å². The molecule has 2 aliphatic rings. The number of likely N-dealkylation sites (tertiary alicyclic amines) is 1. The van der Waals surface area contributed by atoms with Crippen LogP contribution in [0, 0.1) is 11.3 Å². The molecular formula is C21H29NO5. The predicted octanol–water partition coefficient (Wildman–Crippen LogP) is 2.72. The van der Waals surface area contributed by atoms with Gasteiger partial charge in [-0.05, 0) is 76.4 Å². The molecule has 1 fully saturated rings. The van der Waals surface area contributed by atoms with E-state index in [2.05, 4.69) is 11.9 Å². The number of fused-ring (bicyclic) bond motifs is 1. The van der Waals surface area contributed by atoms with Gasteiger partial charge in [0.15, 0.2) is 17.3 Å². The second kappa shape index (κ2) is 7.89. The first-order valence-corrected chi connectivity index (χ1v) is 9.60. The van der Waals surface area contributed by atoms with Crippen molar-refractivity contribution in [1.29, 1.82) is 0 Å². The standard InChI is InChI=1S/C21H29NO5/c1-5-27-20(24)21(12-14-6-8-22(2)9-7-14)13-15-10-17(25-3)18(26-4)11-16(15)19(21)23/h10-11,14H,5-9,12-13H2,1-4H3. The van der Waals surface area contributed by atoms with Crippen molar-refractivity contribution in [2.24, 2.45) is 11.3 Å². The van der Waals surface area contributed by atoms with Crippen LogP contribution >= 0.6 is 0 Å². The molecule has 0 bridgehead atoms. The smallest absolute Gasteiger partial charge is 0.320 e. The first-order valence-electron chi connectivity index (χ1n) is 9.60. The molecule has 1 aromatic rings. The Balaban J connectivity index is 1.96. The van der Waals surface area contributed by atoms with E-state index in [1.165, 1.54) is 0 Å². The van der Waals surface area contributed by atoms with Gasteiger partial charge in [-0.3, -0.25) is 9.59 Å². The van der Waals surface area contributed by atoms with E-state index in [4.69, 9.17) is 14.2 Å².